The van der Waals surface area contributed by atoms with Gasteiger partial charge in [-0.15, -0.1) is 0 Å². The molecular weight excluding hydrogens is 303 g/mol. The van der Waals surface area contributed by atoms with E-state index in [1.165, 1.54) is 19.1 Å². The van der Waals surface area contributed by atoms with Gasteiger partial charge in [-0.25, -0.2) is 17.5 Å². The van der Waals surface area contributed by atoms with Crippen LogP contribution in [0.15, 0.2) is 29.2 Å². The summed E-state index contributed by atoms with van der Waals surface area (Å²) in [5.41, 5.74) is 0. The number of hydrogen-bond acceptors (Lipinski definition) is 4. The predicted octanol–water partition coefficient (Wildman–Crippen LogP) is 0.0834. The van der Waals surface area contributed by atoms with Gasteiger partial charge < -0.3 is 10.4 Å². The van der Waals surface area contributed by atoms with Gasteiger partial charge in [-0.05, 0) is 19.1 Å². The number of aliphatic carboxylic acids is 1. The van der Waals surface area contributed by atoms with Crippen molar-refractivity contribution in [2.75, 3.05) is 6.54 Å². The Balaban J connectivity index is 2.54. The van der Waals surface area contributed by atoms with Crippen molar-refractivity contribution in [2.45, 2.75) is 24.3 Å². The normalized spacial score (nSPS) is 12.7. The number of sulfonamides is 1. The zero-order chi connectivity index (χ0) is 16.0. The molecule has 0 unspecified atom stereocenters. The maximum Gasteiger partial charge on any atom is 0.325 e. The number of carbonyl (C=O) groups excluding carboxylic acids is 1. The Bertz CT molecular complexity index is 632. The van der Waals surface area contributed by atoms with Gasteiger partial charge in [0, 0.05) is 13.0 Å². The van der Waals surface area contributed by atoms with Gasteiger partial charge in [-0.2, -0.15) is 0 Å². The first-order valence-corrected chi connectivity index (χ1v) is 7.48. The van der Waals surface area contributed by atoms with Crippen LogP contribution in [0, 0.1) is 5.82 Å². The lowest BCUT2D eigenvalue weighted by atomic mass is 10.3. The lowest BCUT2D eigenvalue weighted by molar-refractivity contribution is -0.141. The van der Waals surface area contributed by atoms with Crippen molar-refractivity contribution < 1.29 is 27.5 Å². The molecule has 0 aliphatic heterocycles. The number of carbonyl (C=O) groups is 2. The molecule has 116 valence electrons. The highest BCUT2D eigenvalue weighted by Crippen LogP contribution is 2.12. The van der Waals surface area contributed by atoms with E-state index in [2.05, 4.69) is 10.0 Å². The second-order valence-corrected chi connectivity index (χ2v) is 5.94. The van der Waals surface area contributed by atoms with E-state index >= 15 is 0 Å². The molecule has 1 aromatic rings. The number of halogens is 1. The van der Waals surface area contributed by atoms with Gasteiger partial charge in [0.1, 0.15) is 16.8 Å². The molecule has 9 heteroatoms. The van der Waals surface area contributed by atoms with E-state index in [-0.39, 0.29) is 13.0 Å². The maximum absolute atomic E-state index is 13.4. The standard InChI is InChI=1S/C12H15FN2O5S/c1-8(12(17)18)15-11(16)6-7-14-21(19,20)10-5-3-2-4-9(10)13/h2-5,8,14H,6-7H2,1H3,(H,15,16)(H,17,18)/t8-/m1/s1. The van der Waals surface area contributed by atoms with Gasteiger partial charge in [-0.1, -0.05) is 12.1 Å². The molecule has 7 nitrogen and oxygen atoms in total. The molecule has 1 atom stereocenters. The lowest BCUT2D eigenvalue weighted by Gasteiger charge is -2.10. The van der Waals surface area contributed by atoms with Gasteiger partial charge in [0.25, 0.3) is 0 Å². The highest BCUT2D eigenvalue weighted by atomic mass is 32.2. The first-order valence-electron chi connectivity index (χ1n) is 6.00. The van der Waals surface area contributed by atoms with E-state index in [4.69, 9.17) is 5.11 Å². The Labute approximate surface area is 121 Å². The third-order valence-corrected chi connectivity index (χ3v) is 4.01. The van der Waals surface area contributed by atoms with Gasteiger partial charge >= 0.3 is 5.97 Å². The number of nitrogens with one attached hydrogen (secondary N) is 2. The highest BCUT2D eigenvalue weighted by molar-refractivity contribution is 7.89. The Morgan fingerprint density at radius 1 is 1.33 bits per heavy atom. The van der Waals surface area contributed by atoms with E-state index in [1.807, 2.05) is 0 Å². The minimum absolute atomic E-state index is 0.259. The third-order valence-electron chi connectivity index (χ3n) is 2.52. The fourth-order valence-electron chi connectivity index (χ4n) is 1.41. The Hall–Kier alpha value is -2.00. The molecule has 0 saturated carbocycles. The smallest absolute Gasteiger partial charge is 0.325 e. The molecule has 21 heavy (non-hydrogen) atoms. The van der Waals surface area contributed by atoms with Gasteiger partial charge in [0.15, 0.2) is 0 Å². The Morgan fingerprint density at radius 3 is 2.52 bits per heavy atom. The van der Waals surface area contributed by atoms with Crippen LogP contribution in [0.1, 0.15) is 13.3 Å². The first-order chi connectivity index (χ1) is 9.74. The molecular formula is C12H15FN2O5S. The zero-order valence-electron chi connectivity index (χ0n) is 11.2. The second kappa shape index (κ2) is 7.14. The fraction of sp³-hybridized carbons (Fsp3) is 0.333. The van der Waals surface area contributed by atoms with Crippen LogP contribution in [-0.4, -0.2) is 38.0 Å². The van der Waals surface area contributed by atoms with E-state index < -0.39 is 38.7 Å². The molecule has 0 heterocycles. The number of carboxylic acids is 1. The zero-order valence-corrected chi connectivity index (χ0v) is 12.0. The molecule has 0 aliphatic carbocycles. The molecule has 0 bridgehead atoms. The van der Waals surface area contributed by atoms with E-state index in [1.54, 1.807) is 0 Å². The summed E-state index contributed by atoms with van der Waals surface area (Å²) in [6.45, 7) is 1.01. The number of benzene rings is 1. The lowest BCUT2D eigenvalue weighted by Crippen LogP contribution is -2.39. The van der Waals surface area contributed by atoms with Crippen molar-refractivity contribution in [2.24, 2.45) is 0 Å². The average Bonchev–Trinajstić information content (AvgIpc) is 2.38. The largest absolute Gasteiger partial charge is 0.480 e. The summed E-state index contributed by atoms with van der Waals surface area (Å²) in [6, 6.07) is 3.77. The van der Waals surface area contributed by atoms with Crippen LogP contribution in [-0.2, 0) is 19.6 Å². The fourth-order valence-corrected chi connectivity index (χ4v) is 2.52. The van der Waals surface area contributed by atoms with E-state index in [0.717, 1.165) is 12.1 Å². The highest BCUT2D eigenvalue weighted by Gasteiger charge is 2.19. The van der Waals surface area contributed by atoms with Crippen molar-refractivity contribution in [3.05, 3.63) is 30.1 Å². The van der Waals surface area contributed by atoms with E-state index in [0.29, 0.717) is 0 Å². The topological polar surface area (TPSA) is 113 Å². The monoisotopic (exact) mass is 318 g/mol. The predicted molar refractivity (Wildman–Crippen MR) is 71.4 cm³/mol. The molecule has 0 fully saturated rings. The molecule has 1 aromatic carbocycles. The molecule has 0 radical (unpaired) electrons. The molecule has 0 spiro atoms. The number of rotatable bonds is 7. The van der Waals surface area contributed by atoms with Gasteiger partial charge in [0.2, 0.25) is 15.9 Å². The Kier molecular flexibility index (Phi) is 5.79. The van der Waals surface area contributed by atoms with Crippen LogP contribution < -0.4 is 10.0 Å². The number of amides is 1. The molecule has 0 aliphatic rings. The maximum atomic E-state index is 13.4. The van der Waals surface area contributed by atoms with Crippen molar-refractivity contribution in [1.82, 2.24) is 10.0 Å². The summed E-state index contributed by atoms with van der Waals surface area (Å²) < 4.78 is 39.0. The summed E-state index contributed by atoms with van der Waals surface area (Å²) in [5, 5.41) is 10.8. The average molecular weight is 318 g/mol. The van der Waals surface area contributed by atoms with Gasteiger partial charge in [0.05, 0.1) is 0 Å². The summed E-state index contributed by atoms with van der Waals surface area (Å²) in [4.78, 5) is 21.4. The van der Waals surface area contributed by atoms with E-state index in [9.17, 15) is 22.4 Å². The summed E-state index contributed by atoms with van der Waals surface area (Å²) in [5.74, 6) is -2.72. The van der Waals surface area contributed by atoms with Crippen LogP contribution in [0.2, 0.25) is 0 Å². The summed E-state index contributed by atoms with van der Waals surface area (Å²) in [7, 11) is -4.05. The number of carboxylic acid groups (broad SMARTS) is 1. The minimum atomic E-state index is -4.05. The van der Waals surface area contributed by atoms with Crippen molar-refractivity contribution >= 4 is 21.9 Å². The van der Waals surface area contributed by atoms with Crippen LogP contribution in [0.3, 0.4) is 0 Å². The van der Waals surface area contributed by atoms with Crippen LogP contribution in [0.5, 0.6) is 0 Å². The number of hydrogen-bond donors (Lipinski definition) is 3. The molecule has 3 N–H and O–H groups in total. The molecule has 1 amide bonds. The Morgan fingerprint density at radius 2 is 1.95 bits per heavy atom. The summed E-state index contributed by atoms with van der Waals surface area (Å²) in [6.07, 6.45) is -0.259. The second-order valence-electron chi connectivity index (χ2n) is 4.21. The minimum Gasteiger partial charge on any atom is -0.480 e. The SMILES string of the molecule is C[C@@H](NC(=O)CCNS(=O)(=O)c1ccccc1F)C(=O)O. The van der Waals surface area contributed by atoms with Crippen molar-refractivity contribution in [3.8, 4) is 0 Å². The van der Waals surface area contributed by atoms with Crippen LogP contribution in [0.25, 0.3) is 0 Å². The summed E-state index contributed by atoms with van der Waals surface area (Å²) >= 11 is 0. The third kappa shape index (κ3) is 5.12. The van der Waals surface area contributed by atoms with Crippen molar-refractivity contribution in [1.29, 1.82) is 0 Å². The quantitative estimate of drug-likeness (QED) is 0.659. The molecule has 0 saturated heterocycles. The first kappa shape index (κ1) is 17.1. The molecule has 0 aromatic heterocycles. The van der Waals surface area contributed by atoms with Gasteiger partial charge in [-0.3, -0.25) is 9.59 Å². The van der Waals surface area contributed by atoms with Crippen LogP contribution >= 0.6 is 0 Å². The van der Waals surface area contributed by atoms with Crippen LogP contribution in [0.4, 0.5) is 4.39 Å². The molecule has 1 rings (SSSR count). The van der Waals surface area contributed by atoms with Crippen molar-refractivity contribution in [3.63, 3.8) is 0 Å².